The van der Waals surface area contributed by atoms with E-state index in [0.717, 1.165) is 16.7 Å². The predicted molar refractivity (Wildman–Crippen MR) is 157 cm³/mol. The Hall–Kier alpha value is -3.99. The first-order valence-corrected chi connectivity index (χ1v) is 12.9. The van der Waals surface area contributed by atoms with Gasteiger partial charge in [0.15, 0.2) is 0 Å². The average molecular weight is 566 g/mol. The van der Waals surface area contributed by atoms with Crippen LogP contribution in [0.25, 0.3) is 0 Å². The van der Waals surface area contributed by atoms with Gasteiger partial charge in [0.05, 0.1) is 30.5 Å². The third kappa shape index (κ3) is 6.91. The Kier molecular flexibility index (Phi) is 9.63. The van der Waals surface area contributed by atoms with E-state index in [-0.39, 0.29) is 17.2 Å². The number of aliphatic carboxylic acids is 1. The first kappa shape index (κ1) is 29.6. The molecule has 0 aliphatic carbocycles. The minimum absolute atomic E-state index is 0.270. The minimum atomic E-state index is -1.29. The van der Waals surface area contributed by atoms with Gasteiger partial charge < -0.3 is 20.9 Å². The van der Waals surface area contributed by atoms with E-state index in [2.05, 4.69) is 11.4 Å². The van der Waals surface area contributed by atoms with E-state index in [0.29, 0.717) is 38.4 Å². The molecule has 39 heavy (non-hydrogen) atoms. The van der Waals surface area contributed by atoms with Gasteiger partial charge in [-0.3, -0.25) is 0 Å². The molecule has 0 heterocycles. The molecule has 0 saturated heterocycles. The number of carbonyl (C=O) groups is 1. The van der Waals surface area contributed by atoms with Crippen molar-refractivity contribution < 1.29 is 14.6 Å². The second-order valence-electron chi connectivity index (χ2n) is 9.32. The number of ether oxygens (including phenoxy) is 1. The maximum Gasteiger partial charge on any atom is 0.352 e. The molecule has 3 aromatic carbocycles. The first-order valence-electron chi connectivity index (χ1n) is 12.2. The van der Waals surface area contributed by atoms with Crippen LogP contribution < -0.4 is 15.8 Å². The maximum atomic E-state index is 12.4. The largest absolute Gasteiger partial charge is 0.494 e. The molecule has 0 bridgehead atoms. The van der Waals surface area contributed by atoms with Crippen molar-refractivity contribution in [2.75, 3.05) is 12.4 Å². The number of halogens is 2. The average Bonchev–Trinajstić information content (AvgIpc) is 2.89. The predicted octanol–water partition coefficient (Wildman–Crippen LogP) is 7.37. The normalized spacial score (nSPS) is 12.9. The zero-order valence-corrected chi connectivity index (χ0v) is 23.9. The third-order valence-corrected chi connectivity index (χ3v) is 6.69. The van der Waals surface area contributed by atoms with Crippen molar-refractivity contribution in [1.29, 1.82) is 5.26 Å². The van der Waals surface area contributed by atoms with Gasteiger partial charge in [0, 0.05) is 21.3 Å². The Bertz CT molecular complexity index is 1510. The first-order chi connectivity index (χ1) is 18.5. The summed E-state index contributed by atoms with van der Waals surface area (Å²) in [5.74, 6) is -1.14. The number of anilines is 1. The van der Waals surface area contributed by atoms with Crippen LogP contribution in [-0.2, 0) is 4.79 Å². The van der Waals surface area contributed by atoms with Crippen molar-refractivity contribution in [3.8, 4) is 11.8 Å². The van der Waals surface area contributed by atoms with Crippen LogP contribution in [0.1, 0.15) is 42.1 Å². The van der Waals surface area contributed by atoms with Gasteiger partial charge in [0.2, 0.25) is 0 Å². The van der Waals surface area contributed by atoms with Gasteiger partial charge in [-0.2, -0.15) is 5.26 Å². The molecule has 0 aliphatic rings. The number of carboxylic acid groups (broad SMARTS) is 1. The molecule has 1 unspecified atom stereocenters. The Morgan fingerprint density at radius 3 is 2.31 bits per heavy atom. The summed E-state index contributed by atoms with van der Waals surface area (Å²) < 4.78 is 5.49. The van der Waals surface area contributed by atoms with Crippen molar-refractivity contribution in [3.05, 3.63) is 98.2 Å². The van der Waals surface area contributed by atoms with E-state index in [9.17, 15) is 15.2 Å². The molecule has 0 spiro atoms. The number of carboxylic acids is 1. The van der Waals surface area contributed by atoms with E-state index < -0.39 is 12.0 Å². The summed E-state index contributed by atoms with van der Waals surface area (Å²) in [5.41, 5.74) is 10.6. The van der Waals surface area contributed by atoms with Crippen molar-refractivity contribution in [3.63, 3.8) is 0 Å². The van der Waals surface area contributed by atoms with Crippen LogP contribution in [0.3, 0.4) is 0 Å². The second kappa shape index (κ2) is 12.7. The van der Waals surface area contributed by atoms with Crippen LogP contribution >= 0.6 is 23.2 Å². The van der Waals surface area contributed by atoms with Gasteiger partial charge in [-0.15, -0.1) is 0 Å². The number of benzene rings is 3. The van der Waals surface area contributed by atoms with E-state index >= 15 is 0 Å². The highest BCUT2D eigenvalue weighted by molar-refractivity contribution is 6.31. The molecule has 4 N–H and O–H groups in total. The molecule has 0 amide bonds. The highest BCUT2D eigenvalue weighted by Crippen LogP contribution is 2.37. The number of aryl methyl sites for hydroxylation is 2. The Balaban J connectivity index is 2.40. The highest BCUT2D eigenvalue weighted by atomic mass is 35.5. The quantitative estimate of drug-likeness (QED) is 0.184. The molecule has 0 radical (unpaired) electrons. The molecule has 0 aromatic heterocycles. The highest BCUT2D eigenvalue weighted by Gasteiger charge is 2.30. The number of hydrogen-bond donors (Lipinski definition) is 3. The Morgan fingerprint density at radius 1 is 1.05 bits per heavy atom. The van der Waals surface area contributed by atoms with Gasteiger partial charge in [-0.25, -0.2) is 9.79 Å². The van der Waals surface area contributed by atoms with E-state index in [1.54, 1.807) is 42.5 Å². The molecule has 0 saturated carbocycles. The number of hydrogen-bond acceptors (Lipinski definition) is 6. The molecular weight excluding hydrogens is 535 g/mol. The monoisotopic (exact) mass is 564 g/mol. The zero-order valence-electron chi connectivity index (χ0n) is 22.3. The molecular formula is C30H30Cl2N4O3. The zero-order chi connectivity index (χ0) is 28.9. The van der Waals surface area contributed by atoms with Crippen LogP contribution in [0.5, 0.6) is 5.75 Å². The molecule has 1 atom stereocenters. The van der Waals surface area contributed by atoms with E-state index in [4.69, 9.17) is 38.7 Å². The summed E-state index contributed by atoms with van der Waals surface area (Å²) in [4.78, 5) is 17.3. The number of nitriles is 1. The third-order valence-electron chi connectivity index (χ3n) is 6.22. The van der Waals surface area contributed by atoms with E-state index in [1.807, 2.05) is 39.8 Å². The van der Waals surface area contributed by atoms with Crippen molar-refractivity contribution >= 4 is 46.3 Å². The van der Waals surface area contributed by atoms with Gasteiger partial charge in [0.25, 0.3) is 0 Å². The summed E-state index contributed by atoms with van der Waals surface area (Å²) >= 11 is 12.6. The number of rotatable bonds is 9. The van der Waals surface area contributed by atoms with Crippen LogP contribution in [-0.4, -0.2) is 23.9 Å². The second-order valence-corrected chi connectivity index (χ2v) is 10.2. The van der Waals surface area contributed by atoms with Crippen LogP contribution in [0.15, 0.2) is 70.9 Å². The number of aliphatic imine (C=N–C) groups is 1. The summed E-state index contributed by atoms with van der Waals surface area (Å²) in [5, 5.41) is 24.1. The van der Waals surface area contributed by atoms with Crippen molar-refractivity contribution in [2.24, 2.45) is 16.6 Å². The van der Waals surface area contributed by atoms with E-state index in [1.165, 1.54) is 7.11 Å². The summed E-state index contributed by atoms with van der Waals surface area (Å²) in [6.45, 7) is 7.60. The molecule has 3 rings (SSSR count). The fraction of sp³-hybridized carbons (Fsp3) is 0.233. The number of nitrogens with one attached hydrogen (secondary N) is 1. The molecule has 0 fully saturated rings. The molecule has 202 valence electrons. The summed E-state index contributed by atoms with van der Waals surface area (Å²) in [7, 11) is 1.50. The Labute approximate surface area is 238 Å². The lowest BCUT2D eigenvalue weighted by Gasteiger charge is -2.29. The van der Waals surface area contributed by atoms with Crippen LogP contribution in [0.2, 0.25) is 10.0 Å². The van der Waals surface area contributed by atoms with Crippen LogP contribution in [0.4, 0.5) is 11.4 Å². The molecule has 9 heteroatoms. The summed E-state index contributed by atoms with van der Waals surface area (Å²) in [6, 6.07) is 17.0. The standard InChI is InChI=1S/C30H30Cl2N4O3/c1-16(2)28(36-24-13-19(15-33)7-11-25(24)39-5)26(27(34)30(37)38)29(22-10-9-20(31)12-18(22)4)35-23-14-21(32)8-6-17(23)3/h6-14,16,29,35H,34H2,1-5H3,(H,37,38). The number of nitrogens with two attached hydrogens (primary N) is 1. The maximum absolute atomic E-state index is 12.4. The fourth-order valence-electron chi connectivity index (χ4n) is 4.21. The lowest BCUT2D eigenvalue weighted by molar-refractivity contribution is -0.132. The number of methoxy groups -OCH3 is 1. The van der Waals surface area contributed by atoms with Crippen molar-refractivity contribution in [2.45, 2.75) is 33.7 Å². The lowest BCUT2D eigenvalue weighted by Crippen LogP contribution is -2.29. The topological polar surface area (TPSA) is 121 Å². The van der Waals surface area contributed by atoms with Crippen LogP contribution in [0, 0.1) is 31.1 Å². The molecule has 7 nitrogen and oxygen atoms in total. The SMILES string of the molecule is COc1ccc(C#N)cc1N=C(C(=C(N)C(=O)O)C(Nc1cc(Cl)ccc1C)c1ccc(Cl)cc1C)C(C)C. The van der Waals surface area contributed by atoms with Gasteiger partial charge in [-0.1, -0.05) is 49.2 Å². The molecule has 3 aromatic rings. The van der Waals surface area contributed by atoms with Gasteiger partial charge in [0.1, 0.15) is 17.1 Å². The minimum Gasteiger partial charge on any atom is -0.494 e. The lowest BCUT2D eigenvalue weighted by atomic mass is 9.86. The molecule has 0 aliphatic heterocycles. The van der Waals surface area contributed by atoms with Gasteiger partial charge >= 0.3 is 5.97 Å². The fourth-order valence-corrected chi connectivity index (χ4v) is 4.61. The smallest absolute Gasteiger partial charge is 0.352 e. The number of nitrogens with zero attached hydrogens (tertiary/aromatic N) is 2. The Morgan fingerprint density at radius 2 is 1.72 bits per heavy atom. The summed E-state index contributed by atoms with van der Waals surface area (Å²) in [6.07, 6.45) is 0. The van der Waals surface area contributed by atoms with Crippen molar-refractivity contribution in [1.82, 2.24) is 0 Å². The van der Waals surface area contributed by atoms with Gasteiger partial charge in [-0.05, 0) is 78.9 Å².